The molecule has 4 rings (SSSR count). The molecule has 0 bridgehead atoms. The lowest BCUT2D eigenvalue weighted by Gasteiger charge is -2.12. The molecule has 0 aliphatic carbocycles. The third-order valence-corrected chi connectivity index (χ3v) is 6.91. The molecule has 0 amide bonds. The molecular formula is C24H18ClFN4O3S. The van der Waals surface area contributed by atoms with Crippen molar-refractivity contribution in [1.82, 2.24) is 9.97 Å². The van der Waals surface area contributed by atoms with Gasteiger partial charge >= 0.3 is 0 Å². The summed E-state index contributed by atoms with van der Waals surface area (Å²) in [7, 11) is -3.81. The fraction of sp³-hybridized carbons (Fsp3) is 0.125. The molecule has 2 aromatic carbocycles. The number of carbonyl (C=O) groups excluding carboxylic acids is 1. The summed E-state index contributed by atoms with van der Waals surface area (Å²) in [5.74, 6) is -2.09. The van der Waals surface area contributed by atoms with E-state index in [2.05, 4.69) is 14.7 Å². The van der Waals surface area contributed by atoms with Gasteiger partial charge in [-0.25, -0.2) is 17.8 Å². The molecule has 7 nitrogen and oxygen atoms in total. The Bertz CT molecular complexity index is 1560. The van der Waals surface area contributed by atoms with Crippen LogP contribution in [0, 0.1) is 17.1 Å². The fourth-order valence-corrected chi connectivity index (χ4v) is 4.84. The van der Waals surface area contributed by atoms with Crippen molar-refractivity contribution in [2.45, 2.75) is 13.3 Å². The van der Waals surface area contributed by atoms with Crippen LogP contribution in [-0.4, -0.2) is 29.9 Å². The molecule has 0 fully saturated rings. The second kappa shape index (κ2) is 9.25. The van der Waals surface area contributed by atoms with Crippen LogP contribution >= 0.6 is 11.6 Å². The minimum absolute atomic E-state index is 0.0993. The lowest BCUT2D eigenvalue weighted by molar-refractivity contribution is 0.103. The molecule has 34 heavy (non-hydrogen) atoms. The summed E-state index contributed by atoms with van der Waals surface area (Å²) in [5.41, 5.74) is 0.904. The number of hydrogen-bond acceptors (Lipinski definition) is 5. The van der Waals surface area contributed by atoms with E-state index in [0.29, 0.717) is 28.0 Å². The highest BCUT2D eigenvalue weighted by Crippen LogP contribution is 2.30. The predicted molar refractivity (Wildman–Crippen MR) is 129 cm³/mol. The monoisotopic (exact) mass is 496 g/mol. The van der Waals surface area contributed by atoms with E-state index in [1.165, 1.54) is 12.3 Å². The molecule has 0 saturated heterocycles. The number of nitrogens with one attached hydrogen (secondary N) is 2. The Labute approximate surface area is 200 Å². The molecule has 0 aliphatic heterocycles. The maximum Gasteiger partial charge on any atom is 0.232 e. The first kappa shape index (κ1) is 23.4. The van der Waals surface area contributed by atoms with Gasteiger partial charge in [-0.3, -0.25) is 9.52 Å². The van der Waals surface area contributed by atoms with Crippen molar-refractivity contribution in [3.05, 3.63) is 82.4 Å². The smallest absolute Gasteiger partial charge is 0.232 e. The van der Waals surface area contributed by atoms with Crippen molar-refractivity contribution < 1.29 is 17.6 Å². The average molecular weight is 497 g/mol. The lowest BCUT2D eigenvalue weighted by atomic mass is 9.96. The standard InChI is InChI=1S/C24H18ClFN4O3S/c1-2-9-34(32,33)30-20-8-5-15(11-27)21(22(20)26)23(31)19-13-29-24-18(19)10-16(12-28-24)14-3-6-17(25)7-4-14/h3-8,10,12-13,30H,2,9H2,1H3,(H,28,29). The number of anilines is 1. The molecule has 0 aliphatic rings. The summed E-state index contributed by atoms with van der Waals surface area (Å²) in [6, 6.07) is 12.9. The van der Waals surface area contributed by atoms with E-state index >= 15 is 4.39 Å². The van der Waals surface area contributed by atoms with E-state index in [1.807, 2.05) is 6.07 Å². The van der Waals surface area contributed by atoms with Gasteiger partial charge in [-0.1, -0.05) is 30.7 Å². The van der Waals surface area contributed by atoms with Gasteiger partial charge < -0.3 is 4.98 Å². The number of nitriles is 1. The number of aromatic nitrogens is 2. The Balaban J connectivity index is 1.81. The van der Waals surface area contributed by atoms with Gasteiger partial charge in [0.25, 0.3) is 0 Å². The third kappa shape index (κ3) is 4.51. The quantitative estimate of drug-likeness (QED) is 0.338. The van der Waals surface area contributed by atoms with Crippen LogP contribution in [0.3, 0.4) is 0 Å². The zero-order chi connectivity index (χ0) is 24.5. The largest absolute Gasteiger partial charge is 0.345 e. The van der Waals surface area contributed by atoms with Crippen molar-refractivity contribution >= 4 is 44.1 Å². The maximum absolute atomic E-state index is 15.4. The Morgan fingerprint density at radius 2 is 1.94 bits per heavy atom. The molecular weight excluding hydrogens is 479 g/mol. The summed E-state index contributed by atoms with van der Waals surface area (Å²) in [4.78, 5) is 20.6. The minimum atomic E-state index is -3.81. The summed E-state index contributed by atoms with van der Waals surface area (Å²) >= 11 is 5.96. The van der Waals surface area contributed by atoms with E-state index in [9.17, 15) is 18.5 Å². The number of nitrogens with zero attached hydrogens (tertiary/aromatic N) is 2. The van der Waals surface area contributed by atoms with Crippen molar-refractivity contribution in [3.8, 4) is 17.2 Å². The topological polar surface area (TPSA) is 116 Å². The summed E-state index contributed by atoms with van der Waals surface area (Å²) in [6.45, 7) is 1.67. The van der Waals surface area contributed by atoms with E-state index in [4.69, 9.17) is 11.6 Å². The van der Waals surface area contributed by atoms with Crippen LogP contribution in [0.4, 0.5) is 10.1 Å². The summed E-state index contributed by atoms with van der Waals surface area (Å²) in [5, 5.41) is 10.5. The van der Waals surface area contributed by atoms with Crippen LogP contribution in [-0.2, 0) is 10.0 Å². The number of pyridine rings is 1. The number of sulfonamides is 1. The molecule has 2 N–H and O–H groups in total. The Morgan fingerprint density at radius 3 is 2.62 bits per heavy atom. The Morgan fingerprint density at radius 1 is 1.21 bits per heavy atom. The molecule has 0 unspecified atom stereocenters. The predicted octanol–water partition coefficient (Wildman–Crippen LogP) is 5.28. The van der Waals surface area contributed by atoms with Crippen molar-refractivity contribution in [2.75, 3.05) is 10.5 Å². The Hall–Kier alpha value is -3.74. The number of fused-ring (bicyclic) bond motifs is 1. The normalized spacial score (nSPS) is 11.4. The summed E-state index contributed by atoms with van der Waals surface area (Å²) in [6.07, 6.45) is 3.35. The van der Waals surface area contributed by atoms with Gasteiger partial charge in [-0.15, -0.1) is 0 Å². The van der Waals surface area contributed by atoms with Gasteiger partial charge in [0.2, 0.25) is 10.0 Å². The van der Waals surface area contributed by atoms with E-state index in [1.54, 1.807) is 43.5 Å². The fourth-order valence-electron chi connectivity index (χ4n) is 3.58. The van der Waals surface area contributed by atoms with Gasteiger partial charge in [-0.2, -0.15) is 5.26 Å². The number of H-pyrrole nitrogens is 1. The van der Waals surface area contributed by atoms with Gasteiger partial charge in [0.05, 0.1) is 22.6 Å². The highest BCUT2D eigenvalue weighted by molar-refractivity contribution is 7.92. The number of halogens is 2. The first-order valence-electron chi connectivity index (χ1n) is 10.2. The number of carbonyl (C=O) groups is 1. The van der Waals surface area contributed by atoms with E-state index in [-0.39, 0.29) is 16.9 Å². The van der Waals surface area contributed by atoms with Crippen molar-refractivity contribution in [3.63, 3.8) is 0 Å². The molecule has 0 saturated carbocycles. The van der Waals surface area contributed by atoms with Gasteiger partial charge in [0.15, 0.2) is 11.6 Å². The zero-order valence-electron chi connectivity index (χ0n) is 17.9. The van der Waals surface area contributed by atoms with Crippen molar-refractivity contribution in [2.24, 2.45) is 0 Å². The molecule has 0 radical (unpaired) electrons. The molecule has 172 valence electrons. The number of rotatable bonds is 7. The number of ketones is 1. The zero-order valence-corrected chi connectivity index (χ0v) is 19.5. The molecule has 2 heterocycles. The van der Waals surface area contributed by atoms with Crippen LogP contribution in [0.15, 0.2) is 54.9 Å². The number of hydrogen-bond donors (Lipinski definition) is 2. The van der Waals surface area contributed by atoms with Crippen LogP contribution < -0.4 is 4.72 Å². The highest BCUT2D eigenvalue weighted by Gasteiger charge is 2.25. The highest BCUT2D eigenvalue weighted by atomic mass is 35.5. The van der Waals surface area contributed by atoms with Crippen LogP contribution in [0.5, 0.6) is 0 Å². The van der Waals surface area contributed by atoms with Crippen LogP contribution in [0.1, 0.15) is 34.8 Å². The van der Waals surface area contributed by atoms with Gasteiger partial charge in [0, 0.05) is 33.9 Å². The molecule has 4 aromatic rings. The maximum atomic E-state index is 15.4. The average Bonchev–Trinajstić information content (AvgIpc) is 3.23. The molecule has 2 aromatic heterocycles. The lowest BCUT2D eigenvalue weighted by Crippen LogP contribution is -2.18. The first-order valence-corrected chi connectivity index (χ1v) is 12.3. The third-order valence-electron chi connectivity index (χ3n) is 5.18. The molecule has 0 spiro atoms. The second-order valence-corrected chi connectivity index (χ2v) is 9.82. The summed E-state index contributed by atoms with van der Waals surface area (Å²) < 4.78 is 41.8. The molecule has 10 heteroatoms. The van der Waals surface area contributed by atoms with Crippen LogP contribution in [0.2, 0.25) is 5.02 Å². The van der Waals surface area contributed by atoms with E-state index < -0.39 is 32.9 Å². The molecule has 0 atom stereocenters. The van der Waals surface area contributed by atoms with Gasteiger partial charge in [0.1, 0.15) is 11.7 Å². The van der Waals surface area contributed by atoms with Gasteiger partial charge in [-0.05, 0) is 42.3 Å². The second-order valence-electron chi connectivity index (χ2n) is 7.54. The van der Waals surface area contributed by atoms with E-state index in [0.717, 1.165) is 11.6 Å². The van der Waals surface area contributed by atoms with Crippen molar-refractivity contribution in [1.29, 1.82) is 5.26 Å². The first-order chi connectivity index (χ1) is 16.2. The minimum Gasteiger partial charge on any atom is -0.345 e. The number of benzene rings is 2. The SMILES string of the molecule is CCCS(=O)(=O)Nc1ccc(C#N)c(C(=O)c2c[nH]c3ncc(-c4ccc(Cl)cc4)cc23)c1F. The Kier molecular flexibility index (Phi) is 6.37. The number of aromatic amines is 1. The van der Waals surface area contributed by atoms with Crippen LogP contribution in [0.25, 0.3) is 22.2 Å².